The topological polar surface area (TPSA) is 88.0 Å². The lowest BCUT2D eigenvalue weighted by atomic mass is 10.2. The molecule has 0 aliphatic rings. The molecule has 0 bridgehead atoms. The summed E-state index contributed by atoms with van der Waals surface area (Å²) in [6.45, 7) is -0.435. The summed E-state index contributed by atoms with van der Waals surface area (Å²) in [5.74, 6) is -0.889. The van der Waals surface area contributed by atoms with Crippen LogP contribution in [-0.2, 0) is 16.0 Å². The molecule has 0 aliphatic carbocycles. The summed E-state index contributed by atoms with van der Waals surface area (Å²) in [6.07, 6.45) is 1.69. The number of carbonyl (C=O) groups is 2. The van der Waals surface area contributed by atoms with Gasteiger partial charge in [0, 0.05) is 10.4 Å². The van der Waals surface area contributed by atoms with Gasteiger partial charge in [-0.05, 0) is 23.6 Å². The summed E-state index contributed by atoms with van der Waals surface area (Å²) in [4.78, 5) is 23.2. The summed E-state index contributed by atoms with van der Waals surface area (Å²) in [6, 6.07) is 10.6. The van der Waals surface area contributed by atoms with Gasteiger partial charge in [0.05, 0.1) is 12.6 Å². The van der Waals surface area contributed by atoms with Crippen LogP contribution in [0.3, 0.4) is 0 Å². The molecular weight excluding hydrogens is 304 g/mol. The van der Waals surface area contributed by atoms with E-state index in [0.717, 1.165) is 4.88 Å². The molecular formula is C15H14N2O4S. The number of benzene rings is 1. The predicted molar refractivity (Wildman–Crippen MR) is 83.3 cm³/mol. The van der Waals surface area contributed by atoms with Crippen molar-refractivity contribution in [2.45, 2.75) is 6.42 Å². The number of thiophene rings is 1. The molecule has 6 nitrogen and oxygen atoms in total. The Morgan fingerprint density at radius 3 is 2.82 bits per heavy atom. The van der Waals surface area contributed by atoms with Crippen LogP contribution in [0.2, 0.25) is 0 Å². The number of rotatable bonds is 7. The monoisotopic (exact) mass is 318 g/mol. The van der Waals surface area contributed by atoms with E-state index in [2.05, 4.69) is 10.5 Å². The van der Waals surface area contributed by atoms with Crippen molar-refractivity contribution in [2.75, 3.05) is 6.61 Å². The van der Waals surface area contributed by atoms with Crippen molar-refractivity contribution in [1.82, 2.24) is 5.43 Å². The number of hydrogen-bond donors (Lipinski definition) is 2. The average Bonchev–Trinajstić information content (AvgIpc) is 2.99. The van der Waals surface area contributed by atoms with E-state index in [1.54, 1.807) is 24.3 Å². The van der Waals surface area contributed by atoms with Crippen LogP contribution in [0, 0.1) is 0 Å². The van der Waals surface area contributed by atoms with Crippen LogP contribution in [0.25, 0.3) is 0 Å². The van der Waals surface area contributed by atoms with E-state index in [1.807, 2.05) is 17.5 Å². The maximum Gasteiger partial charge on any atom is 0.341 e. The molecule has 22 heavy (non-hydrogen) atoms. The van der Waals surface area contributed by atoms with Crippen molar-refractivity contribution in [3.05, 3.63) is 52.2 Å². The Hall–Kier alpha value is -2.67. The number of amides is 1. The van der Waals surface area contributed by atoms with Crippen molar-refractivity contribution >= 4 is 29.4 Å². The third-order valence-corrected chi connectivity index (χ3v) is 3.45. The predicted octanol–water partition coefficient (Wildman–Crippen LogP) is 1.90. The van der Waals surface area contributed by atoms with Crippen LogP contribution < -0.4 is 10.2 Å². The van der Waals surface area contributed by atoms with Crippen molar-refractivity contribution < 1.29 is 19.4 Å². The first-order valence-electron chi connectivity index (χ1n) is 6.43. The van der Waals surface area contributed by atoms with Crippen LogP contribution in [0.15, 0.2) is 46.9 Å². The van der Waals surface area contributed by atoms with Gasteiger partial charge in [0.1, 0.15) is 5.75 Å². The van der Waals surface area contributed by atoms with E-state index in [0.29, 0.717) is 11.3 Å². The number of nitrogens with zero attached hydrogens (tertiary/aromatic N) is 1. The van der Waals surface area contributed by atoms with E-state index in [1.165, 1.54) is 17.6 Å². The standard InChI is InChI=1S/C15H14N2O4S/c18-14(8-12-5-3-7-22-12)17-16-9-11-4-1-2-6-13(11)21-10-15(19)20/h1-7,9H,8,10H2,(H,17,18)(H,19,20)/b16-9+. The highest BCUT2D eigenvalue weighted by molar-refractivity contribution is 7.10. The van der Waals surface area contributed by atoms with Crippen molar-refractivity contribution in [3.63, 3.8) is 0 Å². The molecule has 2 aromatic rings. The highest BCUT2D eigenvalue weighted by atomic mass is 32.1. The zero-order chi connectivity index (χ0) is 15.8. The van der Waals surface area contributed by atoms with Gasteiger partial charge in [-0.1, -0.05) is 18.2 Å². The normalized spacial score (nSPS) is 10.5. The second-order valence-electron chi connectivity index (χ2n) is 4.27. The molecule has 0 atom stereocenters. The number of aliphatic carboxylic acids is 1. The second kappa shape index (κ2) is 7.94. The maximum atomic E-state index is 11.7. The Bertz CT molecular complexity index is 668. The lowest BCUT2D eigenvalue weighted by Gasteiger charge is -2.06. The van der Waals surface area contributed by atoms with Crippen molar-refractivity contribution in [2.24, 2.45) is 5.10 Å². The lowest BCUT2D eigenvalue weighted by Crippen LogP contribution is -2.19. The summed E-state index contributed by atoms with van der Waals surface area (Å²) in [5, 5.41) is 14.4. The fourth-order valence-corrected chi connectivity index (χ4v) is 2.35. The van der Waals surface area contributed by atoms with Crippen LogP contribution in [0.4, 0.5) is 0 Å². The van der Waals surface area contributed by atoms with Gasteiger partial charge in [-0.3, -0.25) is 4.79 Å². The quantitative estimate of drug-likeness (QED) is 0.603. The van der Waals surface area contributed by atoms with Crippen LogP contribution in [-0.4, -0.2) is 29.8 Å². The summed E-state index contributed by atoms with van der Waals surface area (Å²) >= 11 is 1.50. The lowest BCUT2D eigenvalue weighted by molar-refractivity contribution is -0.139. The van der Waals surface area contributed by atoms with Gasteiger partial charge in [0.15, 0.2) is 6.61 Å². The molecule has 1 heterocycles. The number of carboxylic acids is 1. The molecule has 0 saturated heterocycles. The average molecular weight is 318 g/mol. The fraction of sp³-hybridized carbons (Fsp3) is 0.133. The Morgan fingerprint density at radius 2 is 2.09 bits per heavy atom. The Kier molecular flexibility index (Phi) is 5.67. The number of carboxylic acid groups (broad SMARTS) is 1. The zero-order valence-electron chi connectivity index (χ0n) is 11.6. The number of para-hydroxylation sites is 1. The van der Waals surface area contributed by atoms with Gasteiger partial charge in [-0.15, -0.1) is 11.3 Å². The molecule has 7 heteroatoms. The molecule has 2 rings (SSSR count). The number of nitrogens with one attached hydrogen (secondary N) is 1. The van der Waals surface area contributed by atoms with E-state index >= 15 is 0 Å². The third kappa shape index (κ3) is 5.02. The molecule has 2 N–H and O–H groups in total. The molecule has 114 valence electrons. The molecule has 0 radical (unpaired) electrons. The number of carbonyl (C=O) groups excluding carboxylic acids is 1. The molecule has 1 aromatic carbocycles. The van der Waals surface area contributed by atoms with Gasteiger partial charge >= 0.3 is 5.97 Å². The maximum absolute atomic E-state index is 11.7. The minimum absolute atomic E-state index is 0.220. The van der Waals surface area contributed by atoms with Crippen molar-refractivity contribution in [3.8, 4) is 5.75 Å². The summed E-state index contributed by atoms with van der Waals surface area (Å²) < 4.78 is 5.14. The van der Waals surface area contributed by atoms with E-state index in [9.17, 15) is 9.59 Å². The first-order valence-corrected chi connectivity index (χ1v) is 7.31. The second-order valence-corrected chi connectivity index (χ2v) is 5.30. The molecule has 0 fully saturated rings. The van der Waals surface area contributed by atoms with Gasteiger partial charge in [-0.2, -0.15) is 5.10 Å². The smallest absolute Gasteiger partial charge is 0.341 e. The molecule has 0 unspecified atom stereocenters. The highest BCUT2D eigenvalue weighted by Gasteiger charge is 2.05. The Balaban J connectivity index is 1.92. The van der Waals surface area contributed by atoms with E-state index in [4.69, 9.17) is 9.84 Å². The highest BCUT2D eigenvalue weighted by Crippen LogP contribution is 2.15. The zero-order valence-corrected chi connectivity index (χ0v) is 12.4. The number of ether oxygens (including phenoxy) is 1. The van der Waals surface area contributed by atoms with Gasteiger partial charge in [0.25, 0.3) is 0 Å². The van der Waals surface area contributed by atoms with Crippen LogP contribution in [0.1, 0.15) is 10.4 Å². The number of hydrazone groups is 1. The third-order valence-electron chi connectivity index (χ3n) is 2.58. The molecule has 0 aliphatic heterocycles. The van der Waals surface area contributed by atoms with Gasteiger partial charge in [0.2, 0.25) is 5.91 Å². The first-order chi connectivity index (χ1) is 10.6. The van der Waals surface area contributed by atoms with Gasteiger partial charge in [-0.25, -0.2) is 10.2 Å². The Morgan fingerprint density at radius 1 is 1.27 bits per heavy atom. The van der Waals surface area contributed by atoms with Gasteiger partial charge < -0.3 is 9.84 Å². The Labute approximate surface area is 131 Å². The fourth-order valence-electron chi connectivity index (χ4n) is 1.64. The van der Waals surface area contributed by atoms with E-state index in [-0.39, 0.29) is 12.3 Å². The molecule has 0 spiro atoms. The minimum atomic E-state index is -1.06. The molecule has 1 amide bonds. The summed E-state index contributed by atoms with van der Waals surface area (Å²) in [7, 11) is 0. The summed E-state index contributed by atoms with van der Waals surface area (Å²) in [5.41, 5.74) is 3.01. The van der Waals surface area contributed by atoms with E-state index < -0.39 is 12.6 Å². The largest absolute Gasteiger partial charge is 0.481 e. The molecule has 0 saturated carbocycles. The minimum Gasteiger partial charge on any atom is -0.481 e. The first kappa shape index (κ1) is 15.7. The van der Waals surface area contributed by atoms with Crippen LogP contribution >= 0.6 is 11.3 Å². The number of hydrogen-bond acceptors (Lipinski definition) is 5. The SMILES string of the molecule is O=C(O)COc1ccccc1/C=N/NC(=O)Cc1cccs1. The van der Waals surface area contributed by atoms with Crippen molar-refractivity contribution in [1.29, 1.82) is 0 Å². The molecule has 1 aromatic heterocycles. The van der Waals surface area contributed by atoms with Crippen LogP contribution in [0.5, 0.6) is 5.75 Å².